The third kappa shape index (κ3) is 6.68. The molecule has 1 amide bonds. The SMILES string of the molecule is Cc1cc(C)c2cccc(OCc3c(Cl)ccc(S(=O)(=O)NC4(C(=O)N5CCN(N6CCCCC6)CC5)CCCC4)c3Cl)c2n1. The van der Waals surface area contributed by atoms with Gasteiger partial charge in [-0.25, -0.2) is 23.4 Å². The molecule has 3 aliphatic rings. The van der Waals surface area contributed by atoms with E-state index in [1.165, 1.54) is 31.4 Å². The number of fused-ring (bicyclic) bond motifs is 1. The van der Waals surface area contributed by atoms with Crippen LogP contribution >= 0.6 is 23.2 Å². The summed E-state index contributed by atoms with van der Waals surface area (Å²) < 4.78 is 36.9. The average molecular weight is 675 g/mol. The predicted octanol–water partition coefficient (Wildman–Crippen LogP) is 5.87. The fourth-order valence-electron chi connectivity index (χ4n) is 7.03. The lowest BCUT2D eigenvalue weighted by atomic mass is 9.97. The first-order valence-electron chi connectivity index (χ1n) is 15.9. The molecule has 0 unspecified atom stereocenters. The molecule has 1 N–H and O–H groups in total. The van der Waals surface area contributed by atoms with Crippen LogP contribution in [0.2, 0.25) is 10.0 Å². The number of ether oxygens (including phenoxy) is 1. The zero-order valence-electron chi connectivity index (χ0n) is 25.9. The molecule has 3 heterocycles. The van der Waals surface area contributed by atoms with E-state index in [1.807, 2.05) is 43.0 Å². The number of benzene rings is 2. The summed E-state index contributed by atoms with van der Waals surface area (Å²) in [6.45, 7) is 8.67. The van der Waals surface area contributed by atoms with Crippen LogP contribution in [0.15, 0.2) is 41.3 Å². The van der Waals surface area contributed by atoms with Gasteiger partial charge in [0.15, 0.2) is 0 Å². The second-order valence-electron chi connectivity index (χ2n) is 12.5. The molecule has 0 atom stereocenters. The monoisotopic (exact) mass is 673 g/mol. The van der Waals surface area contributed by atoms with Crippen LogP contribution in [0.25, 0.3) is 10.9 Å². The second kappa shape index (κ2) is 13.3. The van der Waals surface area contributed by atoms with Crippen LogP contribution in [-0.2, 0) is 21.4 Å². The minimum absolute atomic E-state index is 0.0219. The Hall–Kier alpha value is -2.47. The van der Waals surface area contributed by atoms with Crippen molar-refractivity contribution in [2.45, 2.75) is 75.8 Å². The Labute approximate surface area is 275 Å². The highest BCUT2D eigenvalue weighted by atomic mass is 35.5. The summed E-state index contributed by atoms with van der Waals surface area (Å²) in [5, 5.41) is 5.99. The van der Waals surface area contributed by atoms with E-state index < -0.39 is 15.6 Å². The number of carbonyl (C=O) groups excluding carboxylic acids is 1. The molecule has 12 heteroatoms. The third-order valence-corrected chi connectivity index (χ3v) is 11.9. The number of aryl methyl sites for hydroxylation is 2. The van der Waals surface area contributed by atoms with E-state index in [0.29, 0.717) is 42.8 Å². The molecule has 3 aromatic rings. The van der Waals surface area contributed by atoms with E-state index >= 15 is 0 Å². The number of nitrogens with one attached hydrogen (secondary N) is 1. The number of hydrazine groups is 1. The van der Waals surface area contributed by atoms with Gasteiger partial charge in [0.1, 0.15) is 28.3 Å². The number of halogens is 2. The largest absolute Gasteiger partial charge is 0.487 e. The lowest BCUT2D eigenvalue weighted by Crippen LogP contribution is -2.62. The molecule has 242 valence electrons. The molecule has 1 aromatic heterocycles. The summed E-state index contributed by atoms with van der Waals surface area (Å²) in [5.74, 6) is 0.401. The molecule has 2 aliphatic heterocycles. The lowest BCUT2D eigenvalue weighted by molar-refractivity contribution is -0.143. The van der Waals surface area contributed by atoms with Gasteiger partial charge in [-0.3, -0.25) is 4.79 Å². The number of carbonyl (C=O) groups is 1. The summed E-state index contributed by atoms with van der Waals surface area (Å²) in [4.78, 5) is 20.4. The molecule has 6 rings (SSSR count). The number of aromatic nitrogens is 1. The number of piperidine rings is 1. The van der Waals surface area contributed by atoms with Gasteiger partial charge in [-0.1, -0.05) is 54.6 Å². The number of piperazine rings is 1. The van der Waals surface area contributed by atoms with Crippen molar-refractivity contribution in [1.82, 2.24) is 24.6 Å². The van der Waals surface area contributed by atoms with Gasteiger partial charge in [0, 0.05) is 60.9 Å². The summed E-state index contributed by atoms with van der Waals surface area (Å²) >= 11 is 13.3. The normalized spacial score (nSPS) is 19.7. The van der Waals surface area contributed by atoms with E-state index in [1.54, 1.807) is 0 Å². The quantitative estimate of drug-likeness (QED) is 0.319. The van der Waals surface area contributed by atoms with Gasteiger partial charge in [0.25, 0.3) is 0 Å². The molecule has 0 spiro atoms. The van der Waals surface area contributed by atoms with E-state index in [4.69, 9.17) is 27.9 Å². The van der Waals surface area contributed by atoms with Crippen molar-refractivity contribution in [3.63, 3.8) is 0 Å². The van der Waals surface area contributed by atoms with Crippen LogP contribution in [0.4, 0.5) is 0 Å². The van der Waals surface area contributed by atoms with Crippen molar-refractivity contribution in [2.75, 3.05) is 39.3 Å². The first kappa shape index (κ1) is 32.5. The van der Waals surface area contributed by atoms with Gasteiger partial charge in [-0.15, -0.1) is 0 Å². The number of para-hydroxylation sites is 1. The summed E-state index contributed by atoms with van der Waals surface area (Å²) in [6.07, 6.45) is 6.11. The van der Waals surface area contributed by atoms with Crippen LogP contribution in [0.5, 0.6) is 5.75 Å². The number of rotatable bonds is 8. The number of hydrogen-bond acceptors (Lipinski definition) is 7. The number of hydrogen-bond donors (Lipinski definition) is 1. The van der Waals surface area contributed by atoms with Gasteiger partial charge in [-0.05, 0) is 69.4 Å². The third-order valence-electron chi connectivity index (χ3n) is 9.42. The van der Waals surface area contributed by atoms with E-state index in [2.05, 4.69) is 19.7 Å². The maximum absolute atomic E-state index is 14.0. The minimum Gasteiger partial charge on any atom is -0.487 e. The van der Waals surface area contributed by atoms with Crippen LogP contribution < -0.4 is 9.46 Å². The topological polar surface area (TPSA) is 95.1 Å². The predicted molar refractivity (Wildman–Crippen MR) is 177 cm³/mol. The van der Waals surface area contributed by atoms with Crippen molar-refractivity contribution in [1.29, 1.82) is 0 Å². The average Bonchev–Trinajstić information content (AvgIpc) is 3.50. The van der Waals surface area contributed by atoms with Crippen molar-refractivity contribution >= 4 is 50.0 Å². The summed E-state index contributed by atoms with van der Waals surface area (Å²) in [7, 11) is -4.19. The minimum atomic E-state index is -4.19. The van der Waals surface area contributed by atoms with E-state index in [9.17, 15) is 13.2 Å². The van der Waals surface area contributed by atoms with Crippen molar-refractivity contribution in [3.05, 3.63) is 63.3 Å². The number of nitrogens with zero attached hydrogens (tertiary/aromatic N) is 4. The van der Waals surface area contributed by atoms with E-state index in [0.717, 1.165) is 55.7 Å². The molecular weight excluding hydrogens is 633 g/mol. The Morgan fingerprint density at radius 3 is 2.33 bits per heavy atom. The molecule has 0 radical (unpaired) electrons. The molecule has 1 saturated carbocycles. The highest BCUT2D eigenvalue weighted by Gasteiger charge is 2.47. The highest BCUT2D eigenvalue weighted by molar-refractivity contribution is 7.89. The van der Waals surface area contributed by atoms with Gasteiger partial charge in [-0.2, -0.15) is 4.72 Å². The first-order valence-corrected chi connectivity index (χ1v) is 18.1. The molecule has 45 heavy (non-hydrogen) atoms. The fourth-order valence-corrected chi connectivity index (χ4v) is 9.34. The zero-order chi connectivity index (χ0) is 31.8. The van der Waals surface area contributed by atoms with E-state index in [-0.39, 0.29) is 27.5 Å². The van der Waals surface area contributed by atoms with Crippen LogP contribution in [0, 0.1) is 13.8 Å². The smallest absolute Gasteiger partial charge is 0.243 e. The molecule has 2 saturated heterocycles. The first-order chi connectivity index (χ1) is 21.6. The van der Waals surface area contributed by atoms with Gasteiger partial charge >= 0.3 is 0 Å². The van der Waals surface area contributed by atoms with Crippen molar-refractivity contribution in [3.8, 4) is 5.75 Å². The summed E-state index contributed by atoms with van der Waals surface area (Å²) in [6, 6.07) is 10.6. The molecule has 2 aromatic carbocycles. The van der Waals surface area contributed by atoms with Gasteiger partial charge in [0.2, 0.25) is 15.9 Å². The Bertz CT molecular complexity index is 1680. The fraction of sp³-hybridized carbons (Fsp3) is 0.515. The van der Waals surface area contributed by atoms with Gasteiger partial charge < -0.3 is 9.64 Å². The Morgan fingerprint density at radius 1 is 0.933 bits per heavy atom. The van der Waals surface area contributed by atoms with Crippen molar-refractivity contribution < 1.29 is 17.9 Å². The van der Waals surface area contributed by atoms with Crippen LogP contribution in [-0.4, -0.2) is 79.0 Å². The van der Waals surface area contributed by atoms with Crippen molar-refractivity contribution in [2.24, 2.45) is 0 Å². The maximum atomic E-state index is 14.0. The summed E-state index contributed by atoms with van der Waals surface area (Å²) in [5.41, 5.74) is 1.81. The zero-order valence-corrected chi connectivity index (χ0v) is 28.3. The highest BCUT2D eigenvalue weighted by Crippen LogP contribution is 2.37. The van der Waals surface area contributed by atoms with Crippen LogP contribution in [0.3, 0.4) is 0 Å². The lowest BCUT2D eigenvalue weighted by Gasteiger charge is -2.44. The molecule has 1 aliphatic carbocycles. The Balaban J connectivity index is 1.20. The number of pyridine rings is 1. The Kier molecular flexibility index (Phi) is 9.62. The van der Waals surface area contributed by atoms with Gasteiger partial charge in [0.05, 0.1) is 5.02 Å². The molecular formula is C33H41Cl2N5O4S. The standard InChI is InChI=1S/C33H41Cl2N5O4S/c1-23-21-24(2)36-31-25(23)9-8-10-28(31)44-22-26-27(34)11-12-29(30(26)35)45(42,43)37-33(13-4-5-14-33)32(41)38-17-19-40(20-18-38)39-15-6-3-7-16-39/h8-12,21,37H,3-7,13-20,22H2,1-2H3. The number of amides is 1. The molecule has 0 bridgehead atoms. The Morgan fingerprint density at radius 2 is 1.62 bits per heavy atom. The van der Waals surface area contributed by atoms with Crippen LogP contribution in [0.1, 0.15) is 61.8 Å². The second-order valence-corrected chi connectivity index (χ2v) is 15.0. The molecule has 3 fully saturated rings. The maximum Gasteiger partial charge on any atom is 0.243 e. The number of sulfonamides is 1. The molecule has 9 nitrogen and oxygen atoms in total.